The van der Waals surface area contributed by atoms with Crippen LogP contribution in [0.5, 0.6) is 5.75 Å². The van der Waals surface area contributed by atoms with Crippen molar-refractivity contribution in [2.45, 2.75) is 38.6 Å². The van der Waals surface area contributed by atoms with Crippen LogP contribution in [0.2, 0.25) is 0 Å². The van der Waals surface area contributed by atoms with E-state index in [1.165, 1.54) is 0 Å². The van der Waals surface area contributed by atoms with Crippen molar-refractivity contribution in [1.29, 1.82) is 0 Å². The van der Waals surface area contributed by atoms with Crippen molar-refractivity contribution in [2.75, 3.05) is 6.61 Å². The third-order valence-electron chi connectivity index (χ3n) is 4.00. The number of hydrogen-bond acceptors (Lipinski definition) is 3. The average Bonchev–Trinajstić information content (AvgIpc) is 2.61. The first-order valence-electron chi connectivity index (χ1n) is 8.67. The molecule has 5 heteroatoms. The molecule has 1 amide bonds. The predicted octanol–water partition coefficient (Wildman–Crippen LogP) is 3.88. The molecule has 0 atom stereocenters. The van der Waals surface area contributed by atoms with Crippen LogP contribution in [0.4, 0.5) is 0 Å². The van der Waals surface area contributed by atoms with Crippen molar-refractivity contribution >= 4 is 11.9 Å². The van der Waals surface area contributed by atoms with E-state index in [1.54, 1.807) is 0 Å². The van der Waals surface area contributed by atoms with Gasteiger partial charge in [0.25, 0.3) is 0 Å². The van der Waals surface area contributed by atoms with E-state index in [1.807, 2.05) is 68.4 Å². The lowest BCUT2D eigenvalue weighted by atomic mass is 9.98. The number of aliphatic carboxylic acids is 1. The molecule has 2 aromatic carbocycles. The molecule has 0 aliphatic rings. The van der Waals surface area contributed by atoms with Gasteiger partial charge in [-0.2, -0.15) is 0 Å². The Hall–Kier alpha value is -2.82. The van der Waals surface area contributed by atoms with Crippen LogP contribution in [0, 0.1) is 0 Å². The lowest BCUT2D eigenvalue weighted by Crippen LogP contribution is -2.44. The Morgan fingerprint density at radius 1 is 1.00 bits per heavy atom. The van der Waals surface area contributed by atoms with Crippen LogP contribution in [0.3, 0.4) is 0 Å². The van der Waals surface area contributed by atoms with E-state index >= 15 is 0 Å². The number of amides is 1. The molecule has 2 rings (SSSR count). The zero-order valence-corrected chi connectivity index (χ0v) is 15.2. The lowest BCUT2D eigenvalue weighted by Gasteiger charge is -2.25. The molecular formula is C21H25NO4. The van der Waals surface area contributed by atoms with Gasteiger partial charge >= 0.3 is 5.97 Å². The first-order chi connectivity index (χ1) is 12.4. The number of carbonyl (C=O) groups is 2. The summed E-state index contributed by atoms with van der Waals surface area (Å²) in [5, 5.41) is 11.6. The van der Waals surface area contributed by atoms with E-state index in [-0.39, 0.29) is 25.4 Å². The van der Waals surface area contributed by atoms with Gasteiger partial charge in [0.1, 0.15) is 5.75 Å². The highest BCUT2D eigenvalue weighted by Crippen LogP contribution is 2.29. The van der Waals surface area contributed by atoms with Crippen LogP contribution >= 0.6 is 0 Å². The van der Waals surface area contributed by atoms with Crippen molar-refractivity contribution in [3.63, 3.8) is 0 Å². The molecule has 0 bridgehead atoms. The normalized spacial score (nSPS) is 11.0. The third-order valence-corrected chi connectivity index (χ3v) is 4.00. The second-order valence-electron chi connectivity index (χ2n) is 6.79. The number of carboxylic acids is 1. The molecule has 5 nitrogen and oxygen atoms in total. The van der Waals surface area contributed by atoms with Crippen molar-refractivity contribution in [3.05, 3.63) is 54.6 Å². The molecule has 2 N–H and O–H groups in total. The molecule has 0 saturated carbocycles. The molecule has 0 aliphatic carbocycles. The molecule has 0 aromatic heterocycles. The van der Waals surface area contributed by atoms with E-state index in [0.717, 1.165) is 16.9 Å². The Balaban J connectivity index is 1.88. The zero-order valence-electron chi connectivity index (χ0n) is 15.2. The van der Waals surface area contributed by atoms with Gasteiger partial charge in [-0.3, -0.25) is 9.59 Å². The van der Waals surface area contributed by atoms with Crippen molar-refractivity contribution in [1.82, 2.24) is 5.32 Å². The Labute approximate surface area is 154 Å². The second kappa shape index (κ2) is 9.04. The Morgan fingerprint density at radius 3 is 2.35 bits per heavy atom. The van der Waals surface area contributed by atoms with Crippen molar-refractivity contribution < 1.29 is 19.4 Å². The molecule has 2 aromatic rings. The molecule has 0 fully saturated rings. The van der Waals surface area contributed by atoms with Gasteiger partial charge in [0, 0.05) is 17.5 Å². The molecule has 0 spiro atoms. The van der Waals surface area contributed by atoms with E-state index in [4.69, 9.17) is 9.84 Å². The summed E-state index contributed by atoms with van der Waals surface area (Å²) in [6.45, 7) is 3.89. The quantitative estimate of drug-likeness (QED) is 0.716. The minimum absolute atomic E-state index is 0.0221. The Kier molecular flexibility index (Phi) is 6.78. The lowest BCUT2D eigenvalue weighted by molar-refractivity contribution is -0.137. The number of carbonyl (C=O) groups excluding carboxylic acids is 1. The van der Waals surface area contributed by atoms with Crippen LogP contribution in [-0.4, -0.2) is 29.1 Å². The summed E-state index contributed by atoms with van der Waals surface area (Å²) < 4.78 is 5.82. The minimum Gasteiger partial charge on any atom is -0.492 e. The highest BCUT2D eigenvalue weighted by molar-refractivity contribution is 5.77. The Morgan fingerprint density at radius 2 is 1.65 bits per heavy atom. The molecule has 0 saturated heterocycles. The maximum absolute atomic E-state index is 12.1. The highest BCUT2D eigenvalue weighted by atomic mass is 16.5. The van der Waals surface area contributed by atoms with Crippen LogP contribution < -0.4 is 10.1 Å². The number of ether oxygens (including phenoxy) is 1. The molecule has 0 heterocycles. The van der Waals surface area contributed by atoms with E-state index in [0.29, 0.717) is 6.42 Å². The number of hydrogen-bond donors (Lipinski definition) is 2. The number of benzene rings is 2. The van der Waals surface area contributed by atoms with Gasteiger partial charge in [-0.15, -0.1) is 0 Å². The second-order valence-corrected chi connectivity index (χ2v) is 6.79. The summed E-state index contributed by atoms with van der Waals surface area (Å²) in [4.78, 5) is 22.8. The van der Waals surface area contributed by atoms with Crippen molar-refractivity contribution in [2.24, 2.45) is 0 Å². The van der Waals surface area contributed by atoms with Crippen LogP contribution in [-0.2, 0) is 9.59 Å². The molecule has 0 radical (unpaired) electrons. The van der Waals surface area contributed by atoms with Gasteiger partial charge in [-0.1, -0.05) is 48.5 Å². The number of carboxylic acid groups (broad SMARTS) is 1. The maximum Gasteiger partial charge on any atom is 0.303 e. The van der Waals surface area contributed by atoms with Gasteiger partial charge in [-0.25, -0.2) is 0 Å². The first kappa shape index (κ1) is 19.5. The SMILES string of the molecule is CC(C)(CCC(=O)O)NC(=O)CCOc1ccccc1-c1ccccc1. The van der Waals surface area contributed by atoms with Gasteiger partial charge in [0.2, 0.25) is 5.91 Å². The molecule has 26 heavy (non-hydrogen) atoms. The molecular weight excluding hydrogens is 330 g/mol. The topological polar surface area (TPSA) is 75.6 Å². The molecule has 0 unspecified atom stereocenters. The zero-order chi connectivity index (χ0) is 19.0. The predicted molar refractivity (Wildman–Crippen MR) is 101 cm³/mol. The summed E-state index contributed by atoms with van der Waals surface area (Å²) in [7, 11) is 0. The van der Waals surface area contributed by atoms with Gasteiger partial charge in [-0.05, 0) is 31.9 Å². The summed E-state index contributed by atoms with van der Waals surface area (Å²) in [5.41, 5.74) is 1.48. The largest absolute Gasteiger partial charge is 0.492 e. The van der Waals surface area contributed by atoms with Gasteiger partial charge < -0.3 is 15.2 Å². The fraction of sp³-hybridized carbons (Fsp3) is 0.333. The minimum atomic E-state index is -0.867. The standard InChI is InChI=1S/C21H25NO4/c1-21(2,14-12-20(24)25)22-19(23)13-15-26-18-11-7-6-10-17(18)16-8-4-3-5-9-16/h3-11H,12-15H2,1-2H3,(H,22,23)(H,24,25). The summed E-state index contributed by atoms with van der Waals surface area (Å²) in [5.74, 6) is -0.289. The maximum atomic E-state index is 12.1. The first-order valence-corrected chi connectivity index (χ1v) is 8.67. The fourth-order valence-corrected chi connectivity index (χ4v) is 2.62. The van der Waals surface area contributed by atoms with Crippen LogP contribution in [0.15, 0.2) is 54.6 Å². The Bertz CT molecular complexity index is 741. The van der Waals surface area contributed by atoms with Crippen molar-refractivity contribution in [3.8, 4) is 16.9 Å². The van der Waals surface area contributed by atoms with Crippen LogP contribution in [0.25, 0.3) is 11.1 Å². The highest BCUT2D eigenvalue weighted by Gasteiger charge is 2.21. The summed E-state index contributed by atoms with van der Waals surface area (Å²) >= 11 is 0. The average molecular weight is 355 g/mol. The number of para-hydroxylation sites is 1. The van der Waals surface area contributed by atoms with Crippen LogP contribution in [0.1, 0.15) is 33.1 Å². The molecule has 0 aliphatic heterocycles. The third kappa shape index (κ3) is 6.24. The summed E-state index contributed by atoms with van der Waals surface area (Å²) in [6.07, 6.45) is 0.611. The van der Waals surface area contributed by atoms with E-state index < -0.39 is 11.5 Å². The van der Waals surface area contributed by atoms with Gasteiger partial charge in [0.05, 0.1) is 13.0 Å². The van der Waals surface area contributed by atoms with E-state index in [9.17, 15) is 9.59 Å². The summed E-state index contributed by atoms with van der Waals surface area (Å²) in [6, 6.07) is 17.7. The molecule has 138 valence electrons. The van der Waals surface area contributed by atoms with E-state index in [2.05, 4.69) is 5.32 Å². The monoisotopic (exact) mass is 355 g/mol. The number of rotatable bonds is 9. The van der Waals surface area contributed by atoms with Gasteiger partial charge in [0.15, 0.2) is 0 Å². The fourth-order valence-electron chi connectivity index (χ4n) is 2.62. The number of nitrogens with one attached hydrogen (secondary N) is 1. The smallest absolute Gasteiger partial charge is 0.303 e.